The second-order valence-electron chi connectivity index (χ2n) is 6.15. The number of rotatable bonds is 10. The Morgan fingerprint density at radius 3 is 2.78 bits per heavy atom. The number of hydrogen-bond donors (Lipinski definition) is 2. The molecule has 0 spiro atoms. The van der Waals surface area contributed by atoms with Crippen molar-refractivity contribution in [3.05, 3.63) is 29.8 Å². The van der Waals surface area contributed by atoms with E-state index >= 15 is 0 Å². The van der Waals surface area contributed by atoms with Crippen LogP contribution >= 0.6 is 11.8 Å². The van der Waals surface area contributed by atoms with Crippen LogP contribution in [0, 0.1) is 0 Å². The minimum absolute atomic E-state index is 0.135. The highest BCUT2D eigenvalue weighted by Crippen LogP contribution is 2.27. The van der Waals surface area contributed by atoms with E-state index in [1.54, 1.807) is 23.9 Å². The Labute approximate surface area is 163 Å². The Morgan fingerprint density at radius 2 is 2.04 bits per heavy atom. The van der Waals surface area contributed by atoms with Gasteiger partial charge >= 0.3 is 5.97 Å². The minimum atomic E-state index is -0.559. The van der Waals surface area contributed by atoms with Gasteiger partial charge in [0.25, 0.3) is 5.91 Å². The molecule has 0 bridgehead atoms. The van der Waals surface area contributed by atoms with E-state index in [1.165, 1.54) is 0 Å². The zero-order valence-corrected chi connectivity index (χ0v) is 16.3. The van der Waals surface area contributed by atoms with Crippen LogP contribution in [0.3, 0.4) is 0 Å². The maximum Gasteiger partial charge on any atom is 0.339 e. The summed E-state index contributed by atoms with van der Waals surface area (Å²) < 4.78 is 10.7. The second-order valence-corrected chi connectivity index (χ2v) is 7.21. The van der Waals surface area contributed by atoms with E-state index in [-0.39, 0.29) is 18.6 Å². The van der Waals surface area contributed by atoms with Gasteiger partial charge in [-0.2, -0.15) is 0 Å². The Morgan fingerprint density at radius 1 is 1.22 bits per heavy atom. The molecule has 0 radical (unpaired) electrons. The number of carbonyl (C=O) groups is 3. The van der Waals surface area contributed by atoms with Crippen LogP contribution < -0.4 is 10.6 Å². The highest BCUT2D eigenvalue weighted by molar-refractivity contribution is 7.99. The van der Waals surface area contributed by atoms with Gasteiger partial charge in [-0.3, -0.25) is 9.59 Å². The molecule has 0 aromatic heterocycles. The van der Waals surface area contributed by atoms with Crippen molar-refractivity contribution in [1.29, 1.82) is 0 Å². The van der Waals surface area contributed by atoms with Gasteiger partial charge in [-0.25, -0.2) is 4.79 Å². The van der Waals surface area contributed by atoms with E-state index in [9.17, 15) is 14.4 Å². The zero-order valence-electron chi connectivity index (χ0n) is 15.5. The third-order valence-corrected chi connectivity index (χ3v) is 5.11. The number of nitrogens with one attached hydrogen (secondary N) is 2. The molecule has 2 amide bonds. The summed E-state index contributed by atoms with van der Waals surface area (Å²) in [5.74, 6) is -0.569. The van der Waals surface area contributed by atoms with Crippen LogP contribution in [-0.2, 0) is 19.1 Å². The van der Waals surface area contributed by atoms with Gasteiger partial charge in [0.05, 0.1) is 18.2 Å². The Balaban J connectivity index is 1.77. The molecule has 1 aliphatic heterocycles. The summed E-state index contributed by atoms with van der Waals surface area (Å²) in [6, 6.07) is 7.14. The number of benzene rings is 1. The molecule has 148 valence electrons. The Kier molecular flexibility index (Phi) is 9.13. The number of thioether (sulfide) groups is 1. The smallest absolute Gasteiger partial charge is 0.339 e. The van der Waals surface area contributed by atoms with Gasteiger partial charge in [0.1, 0.15) is 0 Å². The first-order valence-corrected chi connectivity index (χ1v) is 10.1. The normalized spacial score (nSPS) is 16.0. The summed E-state index contributed by atoms with van der Waals surface area (Å²) in [6.07, 6.45) is 3.14. The molecule has 0 saturated carbocycles. The molecule has 8 heteroatoms. The van der Waals surface area contributed by atoms with Crippen LogP contribution in [0.1, 0.15) is 36.5 Å². The number of ether oxygens (including phenoxy) is 2. The first-order chi connectivity index (χ1) is 13.1. The summed E-state index contributed by atoms with van der Waals surface area (Å²) in [5, 5.41) is 5.07. The highest BCUT2D eigenvalue weighted by Gasteiger charge is 2.19. The van der Waals surface area contributed by atoms with Gasteiger partial charge in [-0.1, -0.05) is 19.1 Å². The fourth-order valence-corrected chi connectivity index (χ4v) is 3.60. The fraction of sp³-hybridized carbons (Fsp3) is 0.526. The van der Waals surface area contributed by atoms with Crippen LogP contribution in [0.4, 0.5) is 0 Å². The fourth-order valence-electron chi connectivity index (χ4n) is 2.49. The molecule has 2 rings (SSSR count). The zero-order chi connectivity index (χ0) is 19.5. The molecule has 7 nitrogen and oxygen atoms in total. The van der Waals surface area contributed by atoms with Gasteiger partial charge in [-0.15, -0.1) is 11.8 Å². The van der Waals surface area contributed by atoms with Crippen LogP contribution in [0.15, 0.2) is 29.2 Å². The molecule has 0 aliphatic carbocycles. The van der Waals surface area contributed by atoms with Gasteiger partial charge < -0.3 is 20.1 Å². The predicted molar refractivity (Wildman–Crippen MR) is 103 cm³/mol. The number of hydrogen-bond acceptors (Lipinski definition) is 6. The van der Waals surface area contributed by atoms with Crippen LogP contribution in [0.25, 0.3) is 0 Å². The molecule has 1 atom stereocenters. The lowest BCUT2D eigenvalue weighted by Gasteiger charge is -2.12. The van der Waals surface area contributed by atoms with E-state index in [4.69, 9.17) is 9.47 Å². The van der Waals surface area contributed by atoms with Crippen molar-refractivity contribution in [3.8, 4) is 0 Å². The van der Waals surface area contributed by atoms with Crippen molar-refractivity contribution in [3.63, 3.8) is 0 Å². The maximum absolute atomic E-state index is 12.3. The van der Waals surface area contributed by atoms with E-state index in [2.05, 4.69) is 10.6 Å². The summed E-state index contributed by atoms with van der Waals surface area (Å²) in [6.45, 7) is 2.73. The Hall–Kier alpha value is -2.06. The van der Waals surface area contributed by atoms with E-state index in [1.807, 2.05) is 19.1 Å². The van der Waals surface area contributed by atoms with Gasteiger partial charge in [0, 0.05) is 23.8 Å². The van der Waals surface area contributed by atoms with Crippen molar-refractivity contribution in [2.75, 3.05) is 32.1 Å². The number of carbonyl (C=O) groups excluding carboxylic acids is 3. The lowest BCUT2D eigenvalue weighted by Crippen LogP contribution is -2.38. The molecule has 27 heavy (non-hydrogen) atoms. The monoisotopic (exact) mass is 394 g/mol. The molecule has 1 aliphatic rings. The van der Waals surface area contributed by atoms with E-state index < -0.39 is 18.5 Å². The van der Waals surface area contributed by atoms with Crippen molar-refractivity contribution < 1.29 is 23.9 Å². The van der Waals surface area contributed by atoms with Crippen LogP contribution in [0.5, 0.6) is 0 Å². The van der Waals surface area contributed by atoms with Crippen molar-refractivity contribution in [1.82, 2.24) is 10.6 Å². The van der Waals surface area contributed by atoms with Gasteiger partial charge in [0.2, 0.25) is 5.91 Å². The quantitative estimate of drug-likeness (QED) is 0.464. The molecular weight excluding hydrogens is 368 g/mol. The maximum atomic E-state index is 12.3. The average molecular weight is 394 g/mol. The van der Waals surface area contributed by atoms with Gasteiger partial charge in [-0.05, 0) is 31.4 Å². The lowest BCUT2D eigenvalue weighted by atomic mass is 10.2. The SMILES string of the molecule is CCCNC(=O)CNC(=O)COC(=O)c1ccccc1SC[C@@H]1CCCO1. The summed E-state index contributed by atoms with van der Waals surface area (Å²) in [5.41, 5.74) is 0.425. The van der Waals surface area contributed by atoms with Crippen LogP contribution in [0.2, 0.25) is 0 Å². The first-order valence-electron chi connectivity index (χ1n) is 9.14. The van der Waals surface area contributed by atoms with Crippen molar-refractivity contribution >= 4 is 29.5 Å². The Bertz CT molecular complexity index is 647. The highest BCUT2D eigenvalue weighted by atomic mass is 32.2. The van der Waals surface area contributed by atoms with Gasteiger partial charge in [0.15, 0.2) is 6.61 Å². The number of esters is 1. The molecule has 1 saturated heterocycles. The average Bonchev–Trinajstić information content (AvgIpc) is 3.21. The molecule has 1 fully saturated rings. The van der Waals surface area contributed by atoms with E-state index in [0.29, 0.717) is 12.1 Å². The topological polar surface area (TPSA) is 93.7 Å². The summed E-state index contributed by atoms with van der Waals surface area (Å²) in [4.78, 5) is 36.3. The molecular formula is C19H26N2O5S. The third-order valence-electron chi connectivity index (χ3n) is 3.91. The standard InChI is InChI=1S/C19H26N2O5S/c1-2-9-20-17(22)11-21-18(23)12-26-19(24)15-7-3-4-8-16(15)27-13-14-6-5-10-25-14/h3-4,7-8,14H,2,5-6,9-13H2,1H3,(H,20,22)(H,21,23)/t14-/m0/s1. The number of amides is 2. The van der Waals surface area contributed by atoms with Crippen molar-refractivity contribution in [2.45, 2.75) is 37.2 Å². The van der Waals surface area contributed by atoms with Crippen molar-refractivity contribution in [2.24, 2.45) is 0 Å². The third kappa shape index (κ3) is 7.60. The van der Waals surface area contributed by atoms with Crippen LogP contribution in [-0.4, -0.2) is 55.9 Å². The largest absolute Gasteiger partial charge is 0.452 e. The minimum Gasteiger partial charge on any atom is -0.452 e. The molecule has 2 N–H and O–H groups in total. The summed E-state index contributed by atoms with van der Waals surface area (Å²) in [7, 11) is 0. The first kappa shape index (κ1) is 21.2. The summed E-state index contributed by atoms with van der Waals surface area (Å²) >= 11 is 1.55. The molecule has 1 heterocycles. The van der Waals surface area contributed by atoms with E-state index in [0.717, 1.165) is 36.5 Å². The predicted octanol–water partition coefficient (Wildman–Crippen LogP) is 1.76. The molecule has 0 unspecified atom stereocenters. The molecule has 1 aromatic carbocycles. The second kappa shape index (κ2) is 11.6. The lowest BCUT2D eigenvalue weighted by molar-refractivity contribution is -0.127. The molecule has 1 aromatic rings.